The number of carbonyl (C=O) groups is 1. The Labute approximate surface area is 146 Å². The molecule has 3 rings (SSSR count). The Morgan fingerprint density at radius 1 is 1.38 bits per heavy atom. The van der Waals surface area contributed by atoms with Gasteiger partial charge in [0.15, 0.2) is 0 Å². The number of hydrogen-bond acceptors (Lipinski definition) is 5. The summed E-state index contributed by atoms with van der Waals surface area (Å²) in [7, 11) is 0. The summed E-state index contributed by atoms with van der Waals surface area (Å²) in [5, 5.41) is 2.56. The van der Waals surface area contributed by atoms with Crippen molar-refractivity contribution in [3.63, 3.8) is 0 Å². The van der Waals surface area contributed by atoms with Gasteiger partial charge >= 0.3 is 0 Å². The van der Waals surface area contributed by atoms with E-state index >= 15 is 0 Å². The molecule has 128 valence electrons. The van der Waals surface area contributed by atoms with Crippen LogP contribution in [-0.2, 0) is 0 Å². The summed E-state index contributed by atoms with van der Waals surface area (Å²) in [6.07, 6.45) is 4.73. The van der Waals surface area contributed by atoms with Crippen LogP contribution in [0.4, 0.5) is 0 Å². The second-order valence-electron chi connectivity index (χ2n) is 5.80. The highest BCUT2D eigenvalue weighted by molar-refractivity contribution is 7.11. The van der Waals surface area contributed by atoms with E-state index in [9.17, 15) is 4.79 Å². The molecule has 0 saturated carbocycles. The summed E-state index contributed by atoms with van der Waals surface area (Å²) in [5.41, 5.74) is 0.688. The fourth-order valence-electron chi connectivity index (χ4n) is 2.63. The normalized spacial score (nSPS) is 17.0. The molecule has 0 N–H and O–H groups in total. The summed E-state index contributed by atoms with van der Waals surface area (Å²) in [4.78, 5) is 18.5. The molecule has 1 atom stereocenters. The third-order valence-electron chi connectivity index (χ3n) is 3.98. The largest absolute Gasteiger partial charge is 0.494 e. The van der Waals surface area contributed by atoms with E-state index < -0.39 is 0 Å². The fourth-order valence-corrected chi connectivity index (χ4v) is 3.18. The van der Waals surface area contributed by atoms with Crippen molar-refractivity contribution in [1.29, 1.82) is 0 Å². The van der Waals surface area contributed by atoms with Gasteiger partial charge in [-0.2, -0.15) is 0 Å². The van der Waals surface area contributed by atoms with Crippen molar-refractivity contribution in [2.45, 2.75) is 32.3 Å². The fraction of sp³-hybridized carbons (Fsp3) is 0.444. The molecular weight excluding hydrogens is 324 g/mol. The molecule has 1 aliphatic rings. The van der Waals surface area contributed by atoms with Crippen LogP contribution in [0, 0.1) is 0 Å². The van der Waals surface area contributed by atoms with Gasteiger partial charge < -0.3 is 14.4 Å². The first-order chi connectivity index (χ1) is 11.8. The van der Waals surface area contributed by atoms with Gasteiger partial charge in [0.05, 0.1) is 13.2 Å². The standard InChI is InChI=1S/C18H22N2O3S/c1-2-3-11-22-15-6-4-14(5-7-15)17(21)20-10-8-16(13-20)23-18-19-9-12-24-18/h4-7,9,12,16H,2-3,8,10-11,13H2,1H3. The van der Waals surface area contributed by atoms with Gasteiger partial charge in [-0.3, -0.25) is 4.79 Å². The average molecular weight is 346 g/mol. The molecule has 1 aromatic carbocycles. The maximum Gasteiger partial charge on any atom is 0.273 e. The van der Waals surface area contributed by atoms with Crippen LogP contribution in [0.25, 0.3) is 0 Å². The van der Waals surface area contributed by atoms with Crippen LogP contribution in [-0.4, -0.2) is 41.6 Å². The number of amides is 1. The predicted octanol–water partition coefficient (Wildman–Crippen LogP) is 3.62. The van der Waals surface area contributed by atoms with Crippen molar-refractivity contribution in [1.82, 2.24) is 9.88 Å². The zero-order valence-corrected chi connectivity index (χ0v) is 14.6. The van der Waals surface area contributed by atoms with Gasteiger partial charge in [0.2, 0.25) is 0 Å². The predicted molar refractivity (Wildman–Crippen MR) is 93.9 cm³/mol. The molecule has 1 saturated heterocycles. The first-order valence-electron chi connectivity index (χ1n) is 8.34. The second-order valence-corrected chi connectivity index (χ2v) is 6.66. The van der Waals surface area contributed by atoms with E-state index in [1.165, 1.54) is 11.3 Å². The zero-order valence-electron chi connectivity index (χ0n) is 13.8. The number of thiazole rings is 1. The average Bonchev–Trinajstić information content (AvgIpc) is 3.28. The lowest BCUT2D eigenvalue weighted by Crippen LogP contribution is -2.30. The van der Waals surface area contributed by atoms with Crippen LogP contribution in [0.3, 0.4) is 0 Å². The molecular formula is C18H22N2O3S. The van der Waals surface area contributed by atoms with E-state index in [4.69, 9.17) is 9.47 Å². The van der Waals surface area contributed by atoms with Crippen molar-refractivity contribution < 1.29 is 14.3 Å². The lowest BCUT2D eigenvalue weighted by atomic mass is 10.2. The third-order valence-corrected chi connectivity index (χ3v) is 4.64. The van der Waals surface area contributed by atoms with Gasteiger partial charge in [0.1, 0.15) is 11.9 Å². The SMILES string of the molecule is CCCCOc1ccc(C(=O)N2CCC(Oc3nccs3)C2)cc1. The van der Waals surface area contributed by atoms with Crippen LogP contribution in [0.15, 0.2) is 35.8 Å². The smallest absolute Gasteiger partial charge is 0.273 e. The van der Waals surface area contributed by atoms with Crippen molar-refractivity contribution in [3.8, 4) is 10.9 Å². The van der Waals surface area contributed by atoms with E-state index in [2.05, 4.69) is 11.9 Å². The highest BCUT2D eigenvalue weighted by atomic mass is 32.1. The number of likely N-dealkylation sites (tertiary alicyclic amines) is 1. The maximum atomic E-state index is 12.6. The third kappa shape index (κ3) is 4.26. The second kappa shape index (κ2) is 8.15. The van der Waals surface area contributed by atoms with Crippen LogP contribution in [0.2, 0.25) is 0 Å². The Kier molecular flexibility index (Phi) is 5.69. The number of ether oxygens (including phenoxy) is 2. The summed E-state index contributed by atoms with van der Waals surface area (Å²) in [6, 6.07) is 7.39. The first-order valence-corrected chi connectivity index (χ1v) is 9.22. The number of unbranched alkanes of at least 4 members (excludes halogenated alkanes) is 1. The topological polar surface area (TPSA) is 51.7 Å². The van der Waals surface area contributed by atoms with E-state index in [1.54, 1.807) is 6.20 Å². The lowest BCUT2D eigenvalue weighted by Gasteiger charge is -2.17. The monoisotopic (exact) mass is 346 g/mol. The Morgan fingerprint density at radius 3 is 2.92 bits per heavy atom. The number of hydrogen-bond donors (Lipinski definition) is 0. The van der Waals surface area contributed by atoms with E-state index in [1.807, 2.05) is 34.5 Å². The molecule has 0 spiro atoms. The Bertz CT molecular complexity index is 643. The molecule has 6 heteroatoms. The van der Waals surface area contributed by atoms with E-state index in [0.29, 0.717) is 30.5 Å². The molecule has 2 heterocycles. The van der Waals surface area contributed by atoms with Gasteiger partial charge in [-0.05, 0) is 30.7 Å². The molecule has 1 amide bonds. The zero-order chi connectivity index (χ0) is 16.8. The van der Waals surface area contributed by atoms with Gasteiger partial charge in [-0.25, -0.2) is 4.98 Å². The first kappa shape index (κ1) is 16.8. The number of carbonyl (C=O) groups excluding carboxylic acids is 1. The van der Waals surface area contributed by atoms with E-state index in [-0.39, 0.29) is 12.0 Å². The van der Waals surface area contributed by atoms with Crippen LogP contribution < -0.4 is 9.47 Å². The summed E-state index contributed by atoms with van der Waals surface area (Å²) >= 11 is 1.47. The van der Waals surface area contributed by atoms with Gasteiger partial charge in [-0.15, -0.1) is 0 Å². The van der Waals surface area contributed by atoms with Gasteiger partial charge in [-0.1, -0.05) is 24.7 Å². The molecule has 1 aromatic heterocycles. The van der Waals surface area contributed by atoms with Crippen molar-refractivity contribution in [2.75, 3.05) is 19.7 Å². The number of rotatable bonds is 7. The minimum absolute atomic E-state index is 0.0248. The molecule has 0 aliphatic carbocycles. The van der Waals surface area contributed by atoms with Crippen molar-refractivity contribution in [2.24, 2.45) is 0 Å². The quantitative estimate of drug-likeness (QED) is 0.719. The number of aromatic nitrogens is 1. The van der Waals surface area contributed by atoms with Crippen molar-refractivity contribution >= 4 is 17.2 Å². The Hall–Kier alpha value is -2.08. The Morgan fingerprint density at radius 2 is 2.21 bits per heavy atom. The molecule has 1 aliphatic heterocycles. The maximum absolute atomic E-state index is 12.6. The molecule has 0 bridgehead atoms. The van der Waals surface area contributed by atoms with Gasteiger partial charge in [0, 0.05) is 30.1 Å². The minimum atomic E-state index is 0.0248. The number of nitrogens with zero attached hydrogens (tertiary/aromatic N) is 2. The summed E-state index contributed by atoms with van der Waals surface area (Å²) < 4.78 is 11.4. The van der Waals surface area contributed by atoms with Crippen LogP contribution >= 0.6 is 11.3 Å². The van der Waals surface area contributed by atoms with Crippen LogP contribution in [0.1, 0.15) is 36.5 Å². The summed E-state index contributed by atoms with van der Waals surface area (Å²) in [5.74, 6) is 0.853. The lowest BCUT2D eigenvalue weighted by molar-refractivity contribution is 0.0772. The van der Waals surface area contributed by atoms with Gasteiger partial charge in [0.25, 0.3) is 11.1 Å². The summed E-state index contributed by atoms with van der Waals surface area (Å²) in [6.45, 7) is 4.16. The van der Waals surface area contributed by atoms with E-state index in [0.717, 1.165) is 25.0 Å². The minimum Gasteiger partial charge on any atom is -0.494 e. The molecule has 1 unspecified atom stereocenters. The highest BCUT2D eigenvalue weighted by Crippen LogP contribution is 2.22. The molecule has 0 radical (unpaired) electrons. The van der Waals surface area contributed by atoms with Crippen molar-refractivity contribution in [3.05, 3.63) is 41.4 Å². The molecule has 5 nitrogen and oxygen atoms in total. The highest BCUT2D eigenvalue weighted by Gasteiger charge is 2.28. The Balaban J connectivity index is 1.52. The number of benzene rings is 1. The molecule has 2 aromatic rings. The molecule has 1 fully saturated rings. The molecule has 24 heavy (non-hydrogen) atoms. The van der Waals surface area contributed by atoms with Crippen LogP contribution in [0.5, 0.6) is 10.9 Å².